The fraction of sp³-hybridized carbons (Fsp3) is 0.245. The predicted octanol–water partition coefficient (Wildman–Crippen LogP) is 7.90. The second kappa shape index (κ2) is 18.0. The normalized spacial score (nSPS) is 13.7. The van der Waals surface area contributed by atoms with Gasteiger partial charge in [-0.05, 0) is 57.2 Å². The van der Waals surface area contributed by atoms with E-state index in [1.807, 2.05) is 94.2 Å². The lowest BCUT2D eigenvalue weighted by Gasteiger charge is -2.36. The van der Waals surface area contributed by atoms with Gasteiger partial charge in [0.1, 0.15) is 17.8 Å². The van der Waals surface area contributed by atoms with Gasteiger partial charge in [-0.2, -0.15) is 0 Å². The Morgan fingerprint density at radius 2 is 1.36 bits per heavy atom. The van der Waals surface area contributed by atoms with Gasteiger partial charge in [0.15, 0.2) is 11.9 Å². The van der Waals surface area contributed by atoms with E-state index in [-0.39, 0.29) is 13.2 Å². The van der Waals surface area contributed by atoms with Gasteiger partial charge in [-0.1, -0.05) is 153 Å². The number of carbonyl (C=O) groups excluding carboxylic acids is 2. The molecule has 61 heavy (non-hydrogen) atoms. The van der Waals surface area contributed by atoms with Gasteiger partial charge in [-0.15, -0.1) is 5.10 Å². The van der Waals surface area contributed by atoms with E-state index in [4.69, 9.17) is 20.0 Å². The van der Waals surface area contributed by atoms with Gasteiger partial charge in [0, 0.05) is 31.5 Å². The molecule has 0 saturated heterocycles. The lowest BCUT2D eigenvalue weighted by atomic mass is 9.77. The monoisotopic (exact) mass is 813 g/mol. The Balaban J connectivity index is 1.18. The quantitative estimate of drug-likeness (QED) is 0.0621. The average Bonchev–Trinajstić information content (AvgIpc) is 3.92. The minimum atomic E-state index is -1.29. The third-order valence-electron chi connectivity index (χ3n) is 11.4. The molecule has 1 unspecified atom stereocenters. The second-order valence-corrected chi connectivity index (χ2v) is 15.1. The number of imidazole rings is 1. The number of carbonyl (C=O) groups is 3. The minimum absolute atomic E-state index is 0.132. The van der Waals surface area contributed by atoms with Gasteiger partial charge in [0.25, 0.3) is 0 Å². The molecular formula is C49H47N7O5. The van der Waals surface area contributed by atoms with Crippen LogP contribution in [0.3, 0.4) is 0 Å². The van der Waals surface area contributed by atoms with Crippen molar-refractivity contribution in [2.45, 2.75) is 64.1 Å². The Labute approximate surface area is 354 Å². The zero-order chi connectivity index (χ0) is 42.3. The van der Waals surface area contributed by atoms with E-state index in [9.17, 15) is 19.5 Å². The molecule has 0 bridgehead atoms. The van der Waals surface area contributed by atoms with Gasteiger partial charge in [-0.3, -0.25) is 9.59 Å². The van der Waals surface area contributed by atoms with Crippen LogP contribution in [0.4, 0.5) is 0 Å². The highest BCUT2D eigenvalue weighted by Crippen LogP contribution is 2.43. The smallest absolute Gasteiger partial charge is 0.332 e. The Kier molecular flexibility index (Phi) is 11.9. The molecule has 5 aromatic carbocycles. The van der Waals surface area contributed by atoms with Gasteiger partial charge >= 0.3 is 11.9 Å². The van der Waals surface area contributed by atoms with Crippen molar-refractivity contribution in [1.82, 2.24) is 34.7 Å². The molecule has 12 nitrogen and oxygen atoms in total. The molecule has 1 atom stereocenters. The van der Waals surface area contributed by atoms with Crippen molar-refractivity contribution in [3.8, 4) is 22.5 Å². The summed E-state index contributed by atoms with van der Waals surface area (Å²) in [6.45, 7) is 4.39. The number of aliphatic carboxylic acids is 1. The van der Waals surface area contributed by atoms with Crippen molar-refractivity contribution in [3.05, 3.63) is 179 Å². The lowest BCUT2D eigenvalue weighted by Crippen LogP contribution is -2.45. The third kappa shape index (κ3) is 7.84. The van der Waals surface area contributed by atoms with Crippen LogP contribution in [0.5, 0.6) is 0 Å². The predicted molar refractivity (Wildman–Crippen MR) is 230 cm³/mol. The number of carboxylic acid groups (broad SMARTS) is 1. The summed E-state index contributed by atoms with van der Waals surface area (Å²) in [4.78, 5) is 44.8. The Morgan fingerprint density at radius 3 is 1.93 bits per heavy atom. The molecule has 7 aromatic rings. The molecule has 0 spiro atoms. The van der Waals surface area contributed by atoms with Crippen LogP contribution in [0.15, 0.2) is 140 Å². The summed E-state index contributed by atoms with van der Waals surface area (Å²) in [5, 5.41) is 24.4. The zero-order valence-corrected chi connectivity index (χ0v) is 34.2. The number of rotatable bonds is 15. The van der Waals surface area contributed by atoms with Crippen LogP contribution < -0.4 is 0 Å². The summed E-state index contributed by atoms with van der Waals surface area (Å²) < 4.78 is 8.89. The van der Waals surface area contributed by atoms with Crippen molar-refractivity contribution in [2.24, 2.45) is 0 Å². The first kappa shape index (κ1) is 40.6. The lowest BCUT2D eigenvalue weighted by molar-refractivity contribution is -0.156. The summed E-state index contributed by atoms with van der Waals surface area (Å²) in [6.07, 6.45) is 2.32. The Hall–Kier alpha value is -7.21. The molecule has 0 radical (unpaired) electrons. The number of unbranched alkanes of at least 4 members (excludes halogenated alkanes) is 1. The number of benzene rings is 5. The summed E-state index contributed by atoms with van der Waals surface area (Å²) in [5.41, 5.74) is 6.86. The van der Waals surface area contributed by atoms with Gasteiger partial charge in [0.2, 0.25) is 5.91 Å². The van der Waals surface area contributed by atoms with Crippen LogP contribution >= 0.6 is 0 Å². The van der Waals surface area contributed by atoms with E-state index < -0.39 is 35.8 Å². The van der Waals surface area contributed by atoms with Crippen molar-refractivity contribution >= 4 is 17.8 Å². The number of nitrogens with zero attached hydrogens (tertiary/aromatic N) is 7. The summed E-state index contributed by atoms with van der Waals surface area (Å²) >= 11 is 0. The first-order valence-corrected chi connectivity index (χ1v) is 20.7. The van der Waals surface area contributed by atoms with Gasteiger partial charge < -0.3 is 19.3 Å². The summed E-state index contributed by atoms with van der Waals surface area (Å²) in [6, 6.07) is 45.9. The number of amides is 1. The molecule has 1 aliphatic rings. The van der Waals surface area contributed by atoms with Crippen molar-refractivity contribution in [3.63, 3.8) is 0 Å². The van der Waals surface area contributed by atoms with Crippen molar-refractivity contribution < 1.29 is 24.2 Å². The number of tetrazole rings is 1. The minimum Gasteiger partial charge on any atom is -0.479 e. The van der Waals surface area contributed by atoms with E-state index in [1.54, 1.807) is 6.92 Å². The maximum Gasteiger partial charge on any atom is 0.332 e. The molecule has 1 N–H and O–H groups in total. The molecule has 12 heteroatoms. The fourth-order valence-corrected chi connectivity index (χ4v) is 8.61. The number of carboxylic acids is 1. The van der Waals surface area contributed by atoms with Crippen LogP contribution in [0.1, 0.15) is 78.6 Å². The van der Waals surface area contributed by atoms with Gasteiger partial charge in [0.05, 0.1) is 18.0 Å². The third-order valence-corrected chi connectivity index (χ3v) is 11.4. The van der Waals surface area contributed by atoms with Crippen LogP contribution in [0.25, 0.3) is 22.5 Å². The van der Waals surface area contributed by atoms with E-state index >= 15 is 0 Å². The number of ether oxygens (including phenoxy) is 1. The molecule has 3 heterocycles. The first-order chi connectivity index (χ1) is 29.8. The van der Waals surface area contributed by atoms with E-state index in [1.165, 1.54) is 4.90 Å². The highest BCUT2D eigenvalue weighted by Gasteiger charge is 2.43. The SMILES string of the molecule is CCCCc1nc2c(n1Cc1ccc(-c3ccccc3-c3nnnn3C(c3ccccc3)(c3ccccc3)c3ccccc3)cc1)C(C(=O)O)N(C(=O)CC(=O)OCC)CC2. The molecule has 8 rings (SSSR count). The molecule has 308 valence electrons. The Morgan fingerprint density at radius 1 is 0.770 bits per heavy atom. The molecule has 1 aliphatic heterocycles. The standard InChI is InChI=1S/C49H47N7O5/c1-3-5-25-42-50-41-30-31-54(43(57)32-44(58)61-4-2)46(48(59)60)45(41)55(42)33-34-26-28-35(29-27-34)39-23-15-16-24-40(39)47-51-52-53-56(47)49(36-17-9-6-10-18-36,37-19-11-7-12-20-37)38-21-13-8-14-22-38/h6-24,26-29,46H,3-5,25,30-33H2,1-2H3,(H,59,60). The first-order valence-electron chi connectivity index (χ1n) is 20.7. The van der Waals surface area contributed by atoms with E-state index in [0.717, 1.165) is 57.6 Å². The van der Waals surface area contributed by atoms with Crippen LogP contribution in [-0.2, 0) is 44.0 Å². The van der Waals surface area contributed by atoms with Gasteiger partial charge in [-0.25, -0.2) is 14.5 Å². The number of aromatic nitrogens is 6. The van der Waals surface area contributed by atoms with Crippen molar-refractivity contribution in [1.29, 1.82) is 0 Å². The topological polar surface area (TPSA) is 145 Å². The van der Waals surface area contributed by atoms with Crippen LogP contribution in [-0.4, -0.2) is 70.8 Å². The largest absolute Gasteiger partial charge is 0.479 e. The van der Waals surface area contributed by atoms with Crippen molar-refractivity contribution in [2.75, 3.05) is 13.2 Å². The van der Waals surface area contributed by atoms with E-state index in [2.05, 4.69) is 66.7 Å². The number of esters is 1. The van der Waals surface area contributed by atoms with Crippen LogP contribution in [0.2, 0.25) is 0 Å². The highest BCUT2D eigenvalue weighted by molar-refractivity contribution is 5.96. The average molecular weight is 814 g/mol. The maximum absolute atomic E-state index is 13.4. The van der Waals surface area contributed by atoms with Crippen LogP contribution in [0, 0.1) is 0 Å². The molecular weight excluding hydrogens is 767 g/mol. The molecule has 0 aliphatic carbocycles. The summed E-state index contributed by atoms with van der Waals surface area (Å²) in [5.74, 6) is -1.07. The summed E-state index contributed by atoms with van der Waals surface area (Å²) in [7, 11) is 0. The maximum atomic E-state index is 13.4. The number of hydrogen-bond acceptors (Lipinski definition) is 8. The highest BCUT2D eigenvalue weighted by atomic mass is 16.5. The molecule has 2 aromatic heterocycles. The number of aryl methyl sites for hydroxylation is 1. The number of hydrogen-bond donors (Lipinski definition) is 1. The number of fused-ring (bicyclic) bond motifs is 1. The Bertz CT molecular complexity index is 2530. The fourth-order valence-electron chi connectivity index (χ4n) is 8.61. The molecule has 0 saturated carbocycles. The second-order valence-electron chi connectivity index (χ2n) is 15.1. The van der Waals surface area contributed by atoms with E-state index in [0.29, 0.717) is 36.6 Å². The molecule has 0 fully saturated rings. The molecule has 1 amide bonds. The zero-order valence-electron chi connectivity index (χ0n) is 34.2.